The molecule has 1 amide bonds. The van der Waals surface area contributed by atoms with Crippen molar-refractivity contribution in [2.75, 3.05) is 11.9 Å². The van der Waals surface area contributed by atoms with Gasteiger partial charge in [-0.25, -0.2) is 4.79 Å². The molecule has 1 aromatic heterocycles. The number of anilines is 1. The molecule has 25 heavy (non-hydrogen) atoms. The Hall–Kier alpha value is -2.83. The van der Waals surface area contributed by atoms with Crippen molar-refractivity contribution in [1.29, 1.82) is 0 Å². The number of amides is 1. The van der Waals surface area contributed by atoms with Gasteiger partial charge in [0, 0.05) is 7.05 Å². The van der Waals surface area contributed by atoms with Crippen molar-refractivity contribution >= 4 is 17.6 Å². The maximum atomic E-state index is 12.2. The molecule has 0 fully saturated rings. The monoisotopic (exact) mass is 345 g/mol. The Labute approximate surface area is 146 Å². The van der Waals surface area contributed by atoms with Gasteiger partial charge in [-0.3, -0.25) is 9.48 Å². The van der Waals surface area contributed by atoms with E-state index in [1.54, 1.807) is 24.7 Å². The van der Waals surface area contributed by atoms with Crippen LogP contribution in [-0.2, 0) is 21.4 Å². The van der Waals surface area contributed by atoms with Crippen LogP contribution in [0.3, 0.4) is 0 Å². The molecule has 7 nitrogen and oxygen atoms in total. The third kappa shape index (κ3) is 4.82. The van der Waals surface area contributed by atoms with Crippen molar-refractivity contribution in [2.24, 2.45) is 7.05 Å². The highest BCUT2D eigenvalue weighted by atomic mass is 16.6. The molecule has 0 aliphatic carbocycles. The summed E-state index contributed by atoms with van der Waals surface area (Å²) in [7, 11) is 1.80. The van der Waals surface area contributed by atoms with E-state index in [4.69, 9.17) is 9.47 Å². The van der Waals surface area contributed by atoms with E-state index in [9.17, 15) is 9.59 Å². The zero-order valence-electron chi connectivity index (χ0n) is 15.1. The van der Waals surface area contributed by atoms with Crippen LogP contribution in [-0.4, -0.2) is 34.4 Å². The van der Waals surface area contributed by atoms with Crippen LogP contribution >= 0.6 is 0 Å². The SMILES string of the molecule is Cc1cccc(OCC(=O)O[C@H](C)C(=O)Nc2c(C)nn(C)c2C)c1. The quantitative estimate of drug-likeness (QED) is 0.812. The van der Waals surface area contributed by atoms with E-state index in [1.807, 2.05) is 32.0 Å². The molecule has 1 heterocycles. The van der Waals surface area contributed by atoms with Gasteiger partial charge in [0.25, 0.3) is 5.91 Å². The number of aromatic nitrogens is 2. The Morgan fingerprint density at radius 1 is 1.28 bits per heavy atom. The van der Waals surface area contributed by atoms with Gasteiger partial charge < -0.3 is 14.8 Å². The van der Waals surface area contributed by atoms with Gasteiger partial charge in [-0.2, -0.15) is 5.10 Å². The smallest absolute Gasteiger partial charge is 0.344 e. The minimum absolute atomic E-state index is 0.258. The molecule has 1 aromatic carbocycles. The molecule has 2 aromatic rings. The molecule has 0 spiro atoms. The minimum Gasteiger partial charge on any atom is -0.482 e. The second kappa shape index (κ2) is 7.83. The Morgan fingerprint density at radius 2 is 2.00 bits per heavy atom. The van der Waals surface area contributed by atoms with Gasteiger partial charge in [-0.15, -0.1) is 0 Å². The standard InChI is InChI=1S/C18H23N3O4/c1-11-7-6-8-15(9-11)24-10-16(22)25-14(4)18(23)19-17-12(2)20-21(5)13(17)3/h6-9,14H,10H2,1-5H3,(H,19,23)/t14-/m1/s1. The van der Waals surface area contributed by atoms with Crippen molar-refractivity contribution in [2.45, 2.75) is 33.8 Å². The van der Waals surface area contributed by atoms with Gasteiger partial charge in [0.2, 0.25) is 0 Å². The normalized spacial score (nSPS) is 11.7. The third-order valence-corrected chi connectivity index (χ3v) is 3.78. The van der Waals surface area contributed by atoms with Crippen molar-refractivity contribution in [3.05, 3.63) is 41.2 Å². The number of hydrogen-bond acceptors (Lipinski definition) is 5. The maximum Gasteiger partial charge on any atom is 0.344 e. The lowest BCUT2D eigenvalue weighted by atomic mass is 10.2. The number of carbonyl (C=O) groups excluding carboxylic acids is 2. The van der Waals surface area contributed by atoms with Crippen LogP contribution < -0.4 is 10.1 Å². The summed E-state index contributed by atoms with van der Waals surface area (Å²) < 4.78 is 12.2. The lowest BCUT2D eigenvalue weighted by Crippen LogP contribution is -2.32. The summed E-state index contributed by atoms with van der Waals surface area (Å²) >= 11 is 0. The number of hydrogen-bond donors (Lipinski definition) is 1. The van der Waals surface area contributed by atoms with Crippen LogP contribution in [0, 0.1) is 20.8 Å². The van der Waals surface area contributed by atoms with E-state index < -0.39 is 18.0 Å². The van der Waals surface area contributed by atoms with E-state index in [0.717, 1.165) is 11.3 Å². The number of nitrogens with one attached hydrogen (secondary N) is 1. The average molecular weight is 345 g/mol. The molecular weight excluding hydrogens is 322 g/mol. The molecule has 2 rings (SSSR count). The minimum atomic E-state index is -0.937. The Morgan fingerprint density at radius 3 is 2.60 bits per heavy atom. The number of ether oxygens (including phenoxy) is 2. The van der Waals surface area contributed by atoms with Gasteiger partial charge in [0.05, 0.1) is 17.1 Å². The Bertz CT molecular complexity index is 783. The average Bonchev–Trinajstić information content (AvgIpc) is 2.79. The van der Waals surface area contributed by atoms with Gasteiger partial charge in [-0.05, 0) is 45.4 Å². The molecule has 0 radical (unpaired) electrons. The number of benzene rings is 1. The van der Waals surface area contributed by atoms with Crippen LogP contribution in [0.2, 0.25) is 0 Å². The zero-order valence-corrected chi connectivity index (χ0v) is 15.1. The first-order valence-corrected chi connectivity index (χ1v) is 7.98. The van der Waals surface area contributed by atoms with Crippen LogP contribution in [0.25, 0.3) is 0 Å². The fourth-order valence-electron chi connectivity index (χ4n) is 2.31. The molecule has 1 N–H and O–H groups in total. The van der Waals surface area contributed by atoms with E-state index in [1.165, 1.54) is 6.92 Å². The molecule has 134 valence electrons. The molecule has 0 saturated carbocycles. The highest BCUT2D eigenvalue weighted by Gasteiger charge is 2.21. The van der Waals surface area contributed by atoms with Crippen LogP contribution in [0.15, 0.2) is 24.3 Å². The molecule has 0 aliphatic heterocycles. The van der Waals surface area contributed by atoms with Gasteiger partial charge in [0.15, 0.2) is 12.7 Å². The first kappa shape index (κ1) is 18.5. The van der Waals surface area contributed by atoms with Crippen LogP contribution in [0.4, 0.5) is 5.69 Å². The van der Waals surface area contributed by atoms with Crippen molar-refractivity contribution < 1.29 is 19.1 Å². The summed E-state index contributed by atoms with van der Waals surface area (Å²) in [6, 6.07) is 7.34. The van der Waals surface area contributed by atoms with Crippen molar-refractivity contribution in [1.82, 2.24) is 9.78 Å². The summed E-state index contributed by atoms with van der Waals surface area (Å²) in [6.07, 6.45) is -0.937. The van der Waals surface area contributed by atoms with Gasteiger partial charge in [-0.1, -0.05) is 12.1 Å². The maximum absolute atomic E-state index is 12.2. The van der Waals surface area contributed by atoms with Crippen molar-refractivity contribution in [3.63, 3.8) is 0 Å². The first-order chi connectivity index (χ1) is 11.8. The fraction of sp³-hybridized carbons (Fsp3) is 0.389. The van der Waals surface area contributed by atoms with E-state index in [2.05, 4.69) is 10.4 Å². The summed E-state index contributed by atoms with van der Waals surface area (Å²) in [5.41, 5.74) is 3.19. The fourth-order valence-corrected chi connectivity index (χ4v) is 2.31. The lowest BCUT2D eigenvalue weighted by molar-refractivity contribution is -0.155. The lowest BCUT2D eigenvalue weighted by Gasteiger charge is -2.14. The highest BCUT2D eigenvalue weighted by molar-refractivity contribution is 5.96. The van der Waals surface area contributed by atoms with Gasteiger partial charge >= 0.3 is 5.97 Å². The summed E-state index contributed by atoms with van der Waals surface area (Å²) in [5, 5.41) is 6.97. The Kier molecular flexibility index (Phi) is 5.80. The first-order valence-electron chi connectivity index (χ1n) is 7.98. The van der Waals surface area contributed by atoms with Crippen LogP contribution in [0.5, 0.6) is 5.75 Å². The van der Waals surface area contributed by atoms with E-state index >= 15 is 0 Å². The summed E-state index contributed by atoms with van der Waals surface area (Å²) in [6.45, 7) is 6.84. The number of esters is 1. The number of aryl methyl sites for hydroxylation is 3. The second-order valence-corrected chi connectivity index (χ2v) is 5.90. The second-order valence-electron chi connectivity index (χ2n) is 5.90. The summed E-state index contributed by atoms with van der Waals surface area (Å²) in [4.78, 5) is 24.1. The molecule has 7 heteroatoms. The molecule has 0 saturated heterocycles. The van der Waals surface area contributed by atoms with E-state index in [-0.39, 0.29) is 6.61 Å². The number of nitrogens with zero attached hydrogens (tertiary/aromatic N) is 2. The molecule has 0 bridgehead atoms. The topological polar surface area (TPSA) is 82.4 Å². The largest absolute Gasteiger partial charge is 0.482 e. The predicted molar refractivity (Wildman–Crippen MR) is 93.5 cm³/mol. The van der Waals surface area contributed by atoms with E-state index in [0.29, 0.717) is 17.1 Å². The molecule has 0 unspecified atom stereocenters. The zero-order chi connectivity index (χ0) is 18.6. The number of rotatable bonds is 6. The van der Waals surface area contributed by atoms with Crippen LogP contribution in [0.1, 0.15) is 23.9 Å². The molecule has 1 atom stereocenters. The third-order valence-electron chi connectivity index (χ3n) is 3.78. The summed E-state index contributed by atoms with van der Waals surface area (Å²) in [5.74, 6) is -0.442. The predicted octanol–water partition coefficient (Wildman–Crippen LogP) is 2.29. The number of carbonyl (C=O) groups is 2. The molecular formula is C18H23N3O4. The highest BCUT2D eigenvalue weighted by Crippen LogP contribution is 2.18. The van der Waals surface area contributed by atoms with Crippen molar-refractivity contribution in [3.8, 4) is 5.75 Å². The Balaban J connectivity index is 1.86. The molecule has 0 aliphatic rings. The van der Waals surface area contributed by atoms with Gasteiger partial charge in [0.1, 0.15) is 5.75 Å².